The number of halogens is 1. The Labute approximate surface area is 127 Å². The van der Waals surface area contributed by atoms with Gasteiger partial charge in [-0.3, -0.25) is 9.48 Å². The van der Waals surface area contributed by atoms with Crippen molar-refractivity contribution in [1.82, 2.24) is 9.78 Å². The molecule has 0 aliphatic rings. The fraction of sp³-hybridized carbons (Fsp3) is 0.467. The Morgan fingerprint density at radius 2 is 1.90 bits per heavy atom. The fourth-order valence-electron chi connectivity index (χ4n) is 2.48. The van der Waals surface area contributed by atoms with Crippen molar-refractivity contribution < 1.29 is 9.21 Å². The van der Waals surface area contributed by atoms with E-state index in [2.05, 4.69) is 21.0 Å². The lowest BCUT2D eigenvalue weighted by molar-refractivity contribution is 0.0988. The summed E-state index contributed by atoms with van der Waals surface area (Å²) in [4.78, 5) is 12.6. The highest BCUT2D eigenvalue weighted by molar-refractivity contribution is 9.10. The molecule has 0 saturated heterocycles. The Balaban J connectivity index is 2.37. The summed E-state index contributed by atoms with van der Waals surface area (Å²) in [6.07, 6.45) is 0.329. The quantitative estimate of drug-likeness (QED) is 0.794. The van der Waals surface area contributed by atoms with E-state index in [0.29, 0.717) is 17.7 Å². The zero-order valence-corrected chi connectivity index (χ0v) is 14.1. The number of hydrogen-bond donors (Lipinski definition) is 0. The van der Waals surface area contributed by atoms with Crippen LogP contribution in [-0.2, 0) is 13.0 Å². The van der Waals surface area contributed by atoms with Crippen LogP contribution < -0.4 is 0 Å². The normalized spacial score (nSPS) is 11.1. The first-order valence-electron chi connectivity index (χ1n) is 6.68. The van der Waals surface area contributed by atoms with Crippen LogP contribution in [0.3, 0.4) is 0 Å². The molecule has 0 aliphatic carbocycles. The van der Waals surface area contributed by atoms with Crippen molar-refractivity contribution in [1.29, 1.82) is 0 Å². The molecule has 4 nitrogen and oxygen atoms in total. The molecule has 0 unspecified atom stereocenters. The number of Topliss-reactive ketones (excluding diaryl/α,β-unsaturated/α-hetero) is 1. The van der Waals surface area contributed by atoms with Crippen molar-refractivity contribution in [3.63, 3.8) is 0 Å². The lowest BCUT2D eigenvalue weighted by atomic mass is 10.0. The maximum Gasteiger partial charge on any atom is 0.172 e. The third-order valence-corrected chi connectivity index (χ3v) is 4.65. The number of aryl methyl sites for hydroxylation is 4. The molecule has 2 aromatic heterocycles. The molecule has 2 heterocycles. The molecule has 0 aliphatic heterocycles. The molecule has 2 aromatic rings. The van der Waals surface area contributed by atoms with Crippen LogP contribution in [0.25, 0.3) is 0 Å². The minimum absolute atomic E-state index is 0.0761. The topological polar surface area (TPSA) is 48.0 Å². The number of carbonyl (C=O) groups excluding carboxylic acids is 1. The summed E-state index contributed by atoms with van der Waals surface area (Å²) in [6.45, 7) is 10.3. The maximum atomic E-state index is 12.6. The fourth-order valence-corrected chi connectivity index (χ4v) is 2.91. The van der Waals surface area contributed by atoms with Crippen molar-refractivity contribution >= 4 is 21.7 Å². The lowest BCUT2D eigenvalue weighted by Gasteiger charge is -2.05. The average molecular weight is 339 g/mol. The van der Waals surface area contributed by atoms with E-state index in [9.17, 15) is 4.79 Å². The second-order valence-electron chi connectivity index (χ2n) is 4.98. The third kappa shape index (κ3) is 2.46. The van der Waals surface area contributed by atoms with E-state index in [4.69, 9.17) is 4.42 Å². The molecule has 5 heteroatoms. The summed E-state index contributed by atoms with van der Waals surface area (Å²) < 4.78 is 8.33. The van der Waals surface area contributed by atoms with Crippen molar-refractivity contribution in [2.45, 2.75) is 47.6 Å². The van der Waals surface area contributed by atoms with Gasteiger partial charge in [0.1, 0.15) is 11.5 Å². The van der Waals surface area contributed by atoms with Gasteiger partial charge >= 0.3 is 0 Å². The summed E-state index contributed by atoms with van der Waals surface area (Å²) in [7, 11) is 0. The standard InChI is InChI=1S/C15H19BrN2O2/c1-6-18-12(15(16)9(3)17-18)7-13(19)14-8(2)10(4)20-11(14)5/h6-7H2,1-5H3. The molecule has 0 saturated carbocycles. The Hall–Kier alpha value is -1.36. The number of nitrogens with zero attached hydrogens (tertiary/aromatic N) is 2. The highest BCUT2D eigenvalue weighted by Gasteiger charge is 2.22. The van der Waals surface area contributed by atoms with Crippen molar-refractivity contribution in [3.05, 3.63) is 38.5 Å². The van der Waals surface area contributed by atoms with Crippen molar-refractivity contribution in [2.24, 2.45) is 0 Å². The third-order valence-electron chi connectivity index (χ3n) is 3.62. The molecular weight excluding hydrogens is 320 g/mol. The van der Waals surface area contributed by atoms with Crippen LogP contribution in [-0.4, -0.2) is 15.6 Å². The van der Waals surface area contributed by atoms with E-state index in [-0.39, 0.29) is 5.78 Å². The molecule has 0 N–H and O–H groups in total. The Morgan fingerprint density at radius 3 is 2.40 bits per heavy atom. The smallest absolute Gasteiger partial charge is 0.172 e. The van der Waals surface area contributed by atoms with E-state index in [1.54, 1.807) is 0 Å². The van der Waals surface area contributed by atoms with Gasteiger partial charge in [0.25, 0.3) is 0 Å². The van der Waals surface area contributed by atoms with Gasteiger partial charge in [0.2, 0.25) is 0 Å². The molecular formula is C15H19BrN2O2. The van der Waals surface area contributed by atoms with E-state index in [1.807, 2.05) is 39.3 Å². The molecule has 0 aromatic carbocycles. The van der Waals surface area contributed by atoms with Gasteiger partial charge in [-0.15, -0.1) is 0 Å². The van der Waals surface area contributed by atoms with Gasteiger partial charge in [-0.2, -0.15) is 5.10 Å². The lowest BCUT2D eigenvalue weighted by Crippen LogP contribution is -2.11. The van der Waals surface area contributed by atoms with Crippen molar-refractivity contribution in [2.75, 3.05) is 0 Å². The number of ketones is 1. The van der Waals surface area contributed by atoms with Gasteiger partial charge < -0.3 is 4.42 Å². The van der Waals surface area contributed by atoms with Gasteiger partial charge in [-0.25, -0.2) is 0 Å². The largest absolute Gasteiger partial charge is 0.466 e. The Kier molecular flexibility index (Phi) is 4.18. The zero-order valence-electron chi connectivity index (χ0n) is 12.5. The summed E-state index contributed by atoms with van der Waals surface area (Å²) in [6, 6.07) is 0. The Bertz CT molecular complexity index is 668. The molecule has 0 fully saturated rings. The summed E-state index contributed by atoms with van der Waals surface area (Å²) >= 11 is 3.53. The molecule has 2 rings (SSSR count). The molecule has 0 bridgehead atoms. The van der Waals surface area contributed by atoms with Gasteiger partial charge in [0, 0.05) is 12.1 Å². The second kappa shape index (κ2) is 5.56. The number of carbonyl (C=O) groups is 1. The van der Waals surface area contributed by atoms with Gasteiger partial charge in [0.15, 0.2) is 5.78 Å². The number of rotatable bonds is 4. The molecule has 0 atom stereocenters. The molecule has 20 heavy (non-hydrogen) atoms. The van der Waals surface area contributed by atoms with Crippen LogP contribution in [0.1, 0.15) is 45.8 Å². The highest BCUT2D eigenvalue weighted by atomic mass is 79.9. The number of hydrogen-bond acceptors (Lipinski definition) is 3. The van der Waals surface area contributed by atoms with E-state index < -0.39 is 0 Å². The van der Waals surface area contributed by atoms with Crippen LogP contribution in [0.15, 0.2) is 8.89 Å². The summed E-state index contributed by atoms with van der Waals surface area (Å²) in [5.74, 6) is 1.58. The van der Waals surface area contributed by atoms with Crippen LogP contribution in [0.4, 0.5) is 0 Å². The van der Waals surface area contributed by atoms with E-state index in [1.165, 1.54) is 0 Å². The predicted molar refractivity (Wildman–Crippen MR) is 81.3 cm³/mol. The van der Waals surface area contributed by atoms with E-state index in [0.717, 1.165) is 33.7 Å². The predicted octanol–water partition coefficient (Wildman–Crippen LogP) is 3.92. The number of furan rings is 1. The van der Waals surface area contributed by atoms with E-state index >= 15 is 0 Å². The first-order chi connectivity index (χ1) is 9.36. The summed E-state index contributed by atoms with van der Waals surface area (Å²) in [5, 5.41) is 4.42. The molecule has 0 spiro atoms. The maximum absolute atomic E-state index is 12.6. The first-order valence-corrected chi connectivity index (χ1v) is 7.47. The highest BCUT2D eigenvalue weighted by Crippen LogP contribution is 2.26. The van der Waals surface area contributed by atoms with Gasteiger partial charge in [-0.05, 0) is 50.5 Å². The average Bonchev–Trinajstić information content (AvgIpc) is 2.80. The molecule has 0 amide bonds. The van der Waals surface area contributed by atoms with Crippen LogP contribution in [0.2, 0.25) is 0 Å². The monoisotopic (exact) mass is 338 g/mol. The van der Waals surface area contributed by atoms with Gasteiger partial charge in [0.05, 0.1) is 27.8 Å². The number of aromatic nitrogens is 2. The van der Waals surface area contributed by atoms with Crippen LogP contribution in [0, 0.1) is 27.7 Å². The minimum atomic E-state index is 0.0761. The SMILES string of the molecule is CCn1nc(C)c(Br)c1CC(=O)c1c(C)oc(C)c1C. The zero-order chi connectivity index (χ0) is 15.0. The van der Waals surface area contributed by atoms with Crippen LogP contribution >= 0.6 is 15.9 Å². The van der Waals surface area contributed by atoms with Gasteiger partial charge in [-0.1, -0.05) is 0 Å². The second-order valence-corrected chi connectivity index (χ2v) is 5.77. The first kappa shape index (κ1) is 15.0. The Morgan fingerprint density at radius 1 is 1.25 bits per heavy atom. The minimum Gasteiger partial charge on any atom is -0.466 e. The molecule has 108 valence electrons. The molecule has 0 radical (unpaired) electrons. The summed E-state index contributed by atoms with van der Waals surface area (Å²) in [5.41, 5.74) is 3.47. The van der Waals surface area contributed by atoms with Crippen molar-refractivity contribution in [3.8, 4) is 0 Å². The van der Waals surface area contributed by atoms with Crippen LogP contribution in [0.5, 0.6) is 0 Å².